The van der Waals surface area contributed by atoms with Gasteiger partial charge in [-0.1, -0.05) is 60.2 Å². The second-order valence-electron chi connectivity index (χ2n) is 8.11. The molecule has 1 aliphatic carbocycles. The number of rotatable bonds is 6. The van der Waals surface area contributed by atoms with Crippen LogP contribution in [0.5, 0.6) is 0 Å². The maximum absolute atomic E-state index is 13.0. The van der Waals surface area contributed by atoms with E-state index in [4.69, 9.17) is 5.73 Å². The number of benzene rings is 2. The summed E-state index contributed by atoms with van der Waals surface area (Å²) in [4.78, 5) is 17.4. The van der Waals surface area contributed by atoms with E-state index in [1.54, 1.807) is 0 Å². The van der Waals surface area contributed by atoms with E-state index in [1.807, 2.05) is 6.07 Å². The molecule has 27 heavy (non-hydrogen) atoms. The summed E-state index contributed by atoms with van der Waals surface area (Å²) in [6.45, 7) is 4.92. The normalized spacial score (nSPS) is 22.7. The first-order chi connectivity index (χ1) is 13.1. The Morgan fingerprint density at radius 3 is 2.44 bits per heavy atom. The van der Waals surface area contributed by atoms with Crippen molar-refractivity contribution in [3.05, 3.63) is 71.3 Å². The second-order valence-corrected chi connectivity index (χ2v) is 8.11. The van der Waals surface area contributed by atoms with Crippen LogP contribution < -0.4 is 5.73 Å². The third-order valence-corrected chi connectivity index (χ3v) is 5.81. The zero-order valence-electron chi connectivity index (χ0n) is 16.1. The minimum atomic E-state index is 0.0895. The number of aryl methyl sites for hydroxylation is 1. The number of nitrogens with zero attached hydrogens (tertiary/aromatic N) is 2. The fraction of sp³-hybridized carbons (Fsp3) is 0.435. The summed E-state index contributed by atoms with van der Waals surface area (Å²) in [5, 5.41) is 0. The van der Waals surface area contributed by atoms with Crippen molar-refractivity contribution < 1.29 is 4.79 Å². The summed E-state index contributed by atoms with van der Waals surface area (Å²) in [5.41, 5.74) is 10.1. The van der Waals surface area contributed by atoms with Crippen molar-refractivity contribution in [2.75, 3.05) is 19.6 Å². The van der Waals surface area contributed by atoms with Crippen molar-refractivity contribution in [3.8, 4) is 0 Å². The van der Waals surface area contributed by atoms with Gasteiger partial charge in [0.25, 0.3) is 0 Å². The smallest absolute Gasteiger partial charge is 0.237 e. The number of carbonyl (C=O) groups excluding carboxylic acids is 1. The fourth-order valence-electron chi connectivity index (χ4n) is 4.07. The lowest BCUT2D eigenvalue weighted by Crippen LogP contribution is -2.41. The molecule has 2 aromatic carbocycles. The standard InChI is InChI=1S/C23H29N3O/c1-17-7-9-18(10-8-17)13-26(20-11-12-20)23(27)16-25-14-21(22(24)15-25)19-5-3-2-4-6-19/h2-10,20-22H,11-16,24H2,1H3/t21-,22+/m0/s1. The molecule has 4 rings (SSSR count). The molecule has 2 fully saturated rings. The minimum absolute atomic E-state index is 0.0895. The Hall–Kier alpha value is -2.17. The van der Waals surface area contributed by atoms with E-state index in [1.165, 1.54) is 16.7 Å². The lowest BCUT2D eigenvalue weighted by atomic mass is 9.95. The van der Waals surface area contributed by atoms with Crippen LogP contribution in [-0.4, -0.2) is 47.4 Å². The largest absolute Gasteiger partial charge is 0.334 e. The van der Waals surface area contributed by atoms with Gasteiger partial charge in [0.05, 0.1) is 6.54 Å². The SMILES string of the molecule is Cc1ccc(CN(C(=O)CN2C[C@@H](N)[C@H](c3ccccc3)C2)C2CC2)cc1. The van der Waals surface area contributed by atoms with E-state index < -0.39 is 0 Å². The average Bonchev–Trinajstić information content (AvgIpc) is 3.44. The van der Waals surface area contributed by atoms with Crippen LogP contribution in [-0.2, 0) is 11.3 Å². The highest BCUT2D eigenvalue weighted by Gasteiger charge is 2.36. The number of hydrogen-bond acceptors (Lipinski definition) is 3. The van der Waals surface area contributed by atoms with Crippen LogP contribution in [0.2, 0.25) is 0 Å². The third kappa shape index (κ3) is 4.40. The van der Waals surface area contributed by atoms with Crippen molar-refractivity contribution in [1.29, 1.82) is 0 Å². The number of hydrogen-bond donors (Lipinski definition) is 1. The lowest BCUT2D eigenvalue weighted by Gasteiger charge is -2.25. The Balaban J connectivity index is 1.39. The van der Waals surface area contributed by atoms with E-state index >= 15 is 0 Å². The Bertz CT molecular complexity index is 770. The molecule has 1 saturated carbocycles. The summed E-state index contributed by atoms with van der Waals surface area (Å²) in [6, 6.07) is 19.5. The van der Waals surface area contributed by atoms with Gasteiger partial charge in [0.1, 0.15) is 0 Å². The molecule has 0 aromatic heterocycles. The van der Waals surface area contributed by atoms with Gasteiger partial charge in [-0.2, -0.15) is 0 Å². The van der Waals surface area contributed by atoms with Crippen LogP contribution >= 0.6 is 0 Å². The molecule has 1 aliphatic heterocycles. The van der Waals surface area contributed by atoms with Crippen LogP contribution in [0, 0.1) is 6.92 Å². The van der Waals surface area contributed by atoms with Crippen molar-refractivity contribution in [2.24, 2.45) is 5.73 Å². The molecule has 2 atom stereocenters. The van der Waals surface area contributed by atoms with Gasteiger partial charge in [-0.05, 0) is 30.9 Å². The summed E-state index contributed by atoms with van der Waals surface area (Å²) in [7, 11) is 0. The first-order valence-corrected chi connectivity index (χ1v) is 9.98. The summed E-state index contributed by atoms with van der Waals surface area (Å²) >= 11 is 0. The van der Waals surface area contributed by atoms with Crippen LogP contribution in [0.3, 0.4) is 0 Å². The predicted molar refractivity (Wildman–Crippen MR) is 108 cm³/mol. The first-order valence-electron chi connectivity index (χ1n) is 9.98. The van der Waals surface area contributed by atoms with Gasteiger partial charge in [-0.15, -0.1) is 0 Å². The highest BCUT2D eigenvalue weighted by atomic mass is 16.2. The van der Waals surface area contributed by atoms with Gasteiger partial charge in [-0.25, -0.2) is 0 Å². The van der Waals surface area contributed by atoms with Gasteiger partial charge < -0.3 is 10.6 Å². The third-order valence-electron chi connectivity index (χ3n) is 5.81. The van der Waals surface area contributed by atoms with E-state index in [-0.39, 0.29) is 11.9 Å². The Morgan fingerprint density at radius 1 is 1.07 bits per heavy atom. The van der Waals surface area contributed by atoms with Crippen LogP contribution in [0.1, 0.15) is 35.4 Å². The highest BCUT2D eigenvalue weighted by molar-refractivity contribution is 5.79. The topological polar surface area (TPSA) is 49.6 Å². The fourth-order valence-corrected chi connectivity index (χ4v) is 4.07. The maximum atomic E-state index is 13.0. The van der Waals surface area contributed by atoms with Gasteiger partial charge in [-0.3, -0.25) is 9.69 Å². The molecule has 1 saturated heterocycles. The lowest BCUT2D eigenvalue weighted by molar-refractivity contribution is -0.133. The minimum Gasteiger partial charge on any atom is -0.334 e. The van der Waals surface area contributed by atoms with Crippen LogP contribution in [0.15, 0.2) is 54.6 Å². The van der Waals surface area contributed by atoms with E-state index in [2.05, 4.69) is 65.3 Å². The molecule has 0 radical (unpaired) electrons. The Kier molecular flexibility index (Phi) is 5.28. The zero-order chi connectivity index (χ0) is 18.8. The van der Waals surface area contributed by atoms with E-state index in [0.29, 0.717) is 25.0 Å². The average molecular weight is 364 g/mol. The molecular formula is C23H29N3O. The van der Waals surface area contributed by atoms with Gasteiger partial charge >= 0.3 is 0 Å². The summed E-state index contributed by atoms with van der Waals surface area (Å²) < 4.78 is 0. The van der Waals surface area contributed by atoms with E-state index in [9.17, 15) is 4.79 Å². The van der Waals surface area contributed by atoms with Gasteiger partial charge in [0, 0.05) is 37.6 Å². The number of carbonyl (C=O) groups is 1. The molecular weight excluding hydrogens is 334 g/mol. The first kappa shape index (κ1) is 18.2. The quantitative estimate of drug-likeness (QED) is 0.858. The molecule has 1 amide bonds. The molecule has 0 bridgehead atoms. The number of amides is 1. The maximum Gasteiger partial charge on any atom is 0.237 e. The van der Waals surface area contributed by atoms with E-state index in [0.717, 1.165) is 25.9 Å². The summed E-state index contributed by atoms with van der Waals surface area (Å²) in [6.07, 6.45) is 2.26. The second kappa shape index (κ2) is 7.83. The predicted octanol–water partition coefficient (Wildman–Crippen LogP) is 2.91. The number of nitrogens with two attached hydrogens (primary N) is 1. The molecule has 0 unspecified atom stereocenters. The van der Waals surface area contributed by atoms with Crippen molar-refractivity contribution >= 4 is 5.91 Å². The van der Waals surface area contributed by atoms with Crippen LogP contribution in [0.25, 0.3) is 0 Å². The summed E-state index contributed by atoms with van der Waals surface area (Å²) in [5.74, 6) is 0.546. The van der Waals surface area contributed by atoms with Crippen molar-refractivity contribution in [2.45, 2.75) is 44.3 Å². The molecule has 0 spiro atoms. The zero-order valence-corrected chi connectivity index (χ0v) is 16.1. The van der Waals surface area contributed by atoms with Gasteiger partial charge in [0.15, 0.2) is 0 Å². The monoisotopic (exact) mass is 363 g/mol. The van der Waals surface area contributed by atoms with Gasteiger partial charge in [0.2, 0.25) is 5.91 Å². The van der Waals surface area contributed by atoms with Crippen molar-refractivity contribution in [1.82, 2.24) is 9.80 Å². The molecule has 142 valence electrons. The number of likely N-dealkylation sites (tertiary alicyclic amines) is 1. The molecule has 2 N–H and O–H groups in total. The molecule has 2 aliphatic rings. The Morgan fingerprint density at radius 2 is 1.78 bits per heavy atom. The van der Waals surface area contributed by atoms with Crippen molar-refractivity contribution in [3.63, 3.8) is 0 Å². The molecule has 4 nitrogen and oxygen atoms in total. The molecule has 1 heterocycles. The molecule has 2 aromatic rings. The highest BCUT2D eigenvalue weighted by Crippen LogP contribution is 2.30. The van der Waals surface area contributed by atoms with Crippen LogP contribution in [0.4, 0.5) is 0 Å². The molecule has 4 heteroatoms. The Labute approximate surface area is 162 Å².